The smallest absolute Gasteiger partial charge is 0.276 e. The van der Waals surface area contributed by atoms with E-state index in [1.54, 1.807) is 18.3 Å². The average molecular weight is 406 g/mol. The molecular formula is C19H27N5O3S. The largest absolute Gasteiger partial charge is 0.447 e. The van der Waals surface area contributed by atoms with Crippen LogP contribution in [0.2, 0.25) is 0 Å². The number of hydrogen-bond acceptors (Lipinski definition) is 7. The Bertz CT molecular complexity index is 880. The van der Waals surface area contributed by atoms with Crippen LogP contribution in [0.3, 0.4) is 0 Å². The van der Waals surface area contributed by atoms with Gasteiger partial charge in [0.1, 0.15) is 5.76 Å². The van der Waals surface area contributed by atoms with Crippen LogP contribution < -0.4 is 4.90 Å². The summed E-state index contributed by atoms with van der Waals surface area (Å²) in [6.45, 7) is 3.57. The summed E-state index contributed by atoms with van der Waals surface area (Å²) in [5.74, 6) is 1.58. The van der Waals surface area contributed by atoms with Crippen molar-refractivity contribution in [2.45, 2.75) is 43.4 Å². The first-order chi connectivity index (χ1) is 13.5. The molecule has 2 aromatic rings. The molecule has 4 rings (SSSR count). The first-order valence-corrected chi connectivity index (χ1v) is 11.3. The van der Waals surface area contributed by atoms with Crippen LogP contribution in [-0.4, -0.2) is 67.1 Å². The molecule has 4 heterocycles. The van der Waals surface area contributed by atoms with Crippen molar-refractivity contribution in [1.82, 2.24) is 19.4 Å². The summed E-state index contributed by atoms with van der Waals surface area (Å²) in [7, 11) is -1.46. The molecule has 0 radical (unpaired) electrons. The molecule has 0 bridgehead atoms. The van der Waals surface area contributed by atoms with Gasteiger partial charge in [-0.05, 0) is 57.0 Å². The molecule has 0 N–H and O–H groups in total. The predicted molar refractivity (Wildman–Crippen MR) is 105 cm³/mol. The highest BCUT2D eigenvalue weighted by Gasteiger charge is 2.30. The van der Waals surface area contributed by atoms with E-state index in [2.05, 4.69) is 20.0 Å². The molecule has 0 amide bonds. The van der Waals surface area contributed by atoms with E-state index in [-0.39, 0.29) is 5.09 Å². The van der Waals surface area contributed by atoms with Crippen molar-refractivity contribution in [1.29, 1.82) is 0 Å². The number of aromatic nitrogens is 2. The summed E-state index contributed by atoms with van der Waals surface area (Å²) in [4.78, 5) is 4.47. The lowest BCUT2D eigenvalue weighted by molar-refractivity contribution is 0.265. The molecule has 1 atom stereocenters. The predicted octanol–water partition coefficient (Wildman–Crippen LogP) is 1.95. The molecular weight excluding hydrogens is 378 g/mol. The molecule has 2 aromatic heterocycles. The van der Waals surface area contributed by atoms with Crippen molar-refractivity contribution in [3.8, 4) is 0 Å². The minimum absolute atomic E-state index is 0.0554. The Morgan fingerprint density at radius 2 is 2.00 bits per heavy atom. The highest BCUT2D eigenvalue weighted by Crippen LogP contribution is 2.25. The zero-order chi connectivity index (χ0) is 19.6. The molecule has 2 aliphatic rings. The molecule has 0 aromatic carbocycles. The summed E-state index contributed by atoms with van der Waals surface area (Å²) < 4.78 is 32.4. The Balaban J connectivity index is 1.38. The summed E-state index contributed by atoms with van der Waals surface area (Å²) in [6, 6.07) is 7.62. The standard InChI is InChI=1S/C19H27N5O3S/c1-22(14-16-6-5-13-24(16)18-7-4-10-20-21-18)15-17-8-9-19(27-17)28(25,26)23-11-2-3-12-23/h4,7-10,16H,2-3,5-6,11-15H2,1H3. The highest BCUT2D eigenvalue weighted by atomic mass is 32.2. The van der Waals surface area contributed by atoms with E-state index in [1.165, 1.54) is 4.31 Å². The van der Waals surface area contributed by atoms with Gasteiger partial charge in [-0.3, -0.25) is 4.90 Å². The van der Waals surface area contributed by atoms with Crippen molar-refractivity contribution in [3.05, 3.63) is 36.2 Å². The summed E-state index contributed by atoms with van der Waals surface area (Å²) >= 11 is 0. The Labute approximate surface area is 166 Å². The van der Waals surface area contributed by atoms with Gasteiger partial charge in [0.05, 0.1) is 6.54 Å². The lowest BCUT2D eigenvalue weighted by Gasteiger charge is -2.28. The first-order valence-electron chi connectivity index (χ1n) is 9.86. The Kier molecular flexibility index (Phi) is 5.65. The monoisotopic (exact) mass is 405 g/mol. The van der Waals surface area contributed by atoms with Gasteiger partial charge in [-0.2, -0.15) is 9.40 Å². The second-order valence-corrected chi connectivity index (χ2v) is 9.47. The molecule has 2 aliphatic heterocycles. The van der Waals surface area contributed by atoms with Gasteiger partial charge in [-0.25, -0.2) is 8.42 Å². The molecule has 9 heteroatoms. The quantitative estimate of drug-likeness (QED) is 0.696. The van der Waals surface area contributed by atoms with Gasteiger partial charge in [0, 0.05) is 38.4 Å². The molecule has 152 valence electrons. The third-order valence-electron chi connectivity index (χ3n) is 5.47. The minimum atomic E-state index is -3.50. The number of nitrogens with zero attached hydrogens (tertiary/aromatic N) is 5. The number of likely N-dealkylation sites (N-methyl/N-ethyl adjacent to an activating group) is 1. The third kappa shape index (κ3) is 4.06. The van der Waals surface area contributed by atoms with E-state index in [9.17, 15) is 8.42 Å². The molecule has 0 saturated carbocycles. The second kappa shape index (κ2) is 8.18. The normalized spacial score (nSPS) is 21.1. The molecule has 1 unspecified atom stereocenters. The molecule has 8 nitrogen and oxygen atoms in total. The van der Waals surface area contributed by atoms with Crippen molar-refractivity contribution in [2.24, 2.45) is 0 Å². The van der Waals surface area contributed by atoms with Crippen molar-refractivity contribution < 1.29 is 12.8 Å². The zero-order valence-corrected chi connectivity index (χ0v) is 17.0. The number of anilines is 1. The number of rotatable bonds is 7. The number of sulfonamides is 1. The molecule has 28 heavy (non-hydrogen) atoms. The van der Waals surface area contributed by atoms with E-state index in [0.29, 0.717) is 31.4 Å². The number of hydrogen-bond donors (Lipinski definition) is 0. The maximum absolute atomic E-state index is 12.6. The second-order valence-electron chi connectivity index (χ2n) is 7.60. The van der Waals surface area contributed by atoms with Gasteiger partial charge >= 0.3 is 0 Å². The zero-order valence-electron chi connectivity index (χ0n) is 16.2. The molecule has 0 aliphatic carbocycles. The third-order valence-corrected chi connectivity index (χ3v) is 7.25. The average Bonchev–Trinajstić information content (AvgIpc) is 3.44. The van der Waals surface area contributed by atoms with Gasteiger partial charge in [0.25, 0.3) is 10.0 Å². The van der Waals surface area contributed by atoms with Crippen molar-refractivity contribution in [3.63, 3.8) is 0 Å². The lowest BCUT2D eigenvalue weighted by Crippen LogP contribution is -2.39. The Morgan fingerprint density at radius 3 is 2.75 bits per heavy atom. The van der Waals surface area contributed by atoms with Crippen LogP contribution in [0.4, 0.5) is 5.82 Å². The van der Waals surface area contributed by atoms with Gasteiger partial charge in [-0.15, -0.1) is 5.10 Å². The van der Waals surface area contributed by atoms with E-state index < -0.39 is 10.0 Å². The van der Waals surface area contributed by atoms with Crippen LogP contribution in [0.15, 0.2) is 40.0 Å². The highest BCUT2D eigenvalue weighted by molar-refractivity contribution is 7.89. The SMILES string of the molecule is CN(Cc1ccc(S(=O)(=O)N2CCCC2)o1)CC1CCCN1c1cccnn1. The van der Waals surface area contributed by atoms with Crippen LogP contribution in [0.25, 0.3) is 0 Å². The number of furan rings is 1. The van der Waals surface area contributed by atoms with E-state index >= 15 is 0 Å². The Morgan fingerprint density at radius 1 is 1.18 bits per heavy atom. The summed E-state index contributed by atoms with van der Waals surface area (Å²) in [6.07, 6.45) is 5.76. The summed E-state index contributed by atoms with van der Waals surface area (Å²) in [5, 5.41) is 8.28. The van der Waals surface area contributed by atoms with Gasteiger partial charge in [-0.1, -0.05) is 0 Å². The van der Waals surface area contributed by atoms with E-state index in [4.69, 9.17) is 4.42 Å². The van der Waals surface area contributed by atoms with Crippen LogP contribution in [0.5, 0.6) is 0 Å². The topological polar surface area (TPSA) is 82.8 Å². The fourth-order valence-corrected chi connectivity index (χ4v) is 5.55. The molecule has 0 spiro atoms. The van der Waals surface area contributed by atoms with Gasteiger partial charge < -0.3 is 9.32 Å². The minimum Gasteiger partial charge on any atom is -0.447 e. The molecule has 2 fully saturated rings. The fourth-order valence-electron chi connectivity index (χ4n) is 4.10. The van der Waals surface area contributed by atoms with Crippen molar-refractivity contribution >= 4 is 15.8 Å². The van der Waals surface area contributed by atoms with Gasteiger partial charge in [0.15, 0.2) is 5.82 Å². The van der Waals surface area contributed by atoms with Gasteiger partial charge in [0.2, 0.25) is 5.09 Å². The lowest BCUT2D eigenvalue weighted by atomic mass is 10.2. The van der Waals surface area contributed by atoms with Crippen LogP contribution in [-0.2, 0) is 16.6 Å². The van der Waals surface area contributed by atoms with E-state index in [1.807, 2.05) is 19.2 Å². The molecule has 2 saturated heterocycles. The van der Waals surface area contributed by atoms with Crippen LogP contribution >= 0.6 is 0 Å². The summed E-state index contributed by atoms with van der Waals surface area (Å²) in [5.41, 5.74) is 0. The first kappa shape index (κ1) is 19.4. The van der Waals surface area contributed by atoms with Crippen LogP contribution in [0.1, 0.15) is 31.4 Å². The van der Waals surface area contributed by atoms with Crippen LogP contribution in [0, 0.1) is 0 Å². The maximum atomic E-state index is 12.6. The Hall–Kier alpha value is -1.97. The fraction of sp³-hybridized carbons (Fsp3) is 0.579. The van der Waals surface area contributed by atoms with Crippen molar-refractivity contribution in [2.75, 3.05) is 38.1 Å². The maximum Gasteiger partial charge on any atom is 0.276 e. The van der Waals surface area contributed by atoms with E-state index in [0.717, 1.165) is 44.6 Å².